The summed E-state index contributed by atoms with van der Waals surface area (Å²) >= 11 is 0. The van der Waals surface area contributed by atoms with E-state index in [1.165, 1.54) is 0 Å². The van der Waals surface area contributed by atoms with Crippen molar-refractivity contribution < 1.29 is 9.90 Å². The summed E-state index contributed by atoms with van der Waals surface area (Å²) < 4.78 is 0. The Bertz CT molecular complexity index is 404. The van der Waals surface area contributed by atoms with Crippen LogP contribution in [-0.2, 0) is 16.6 Å². The molecule has 0 saturated carbocycles. The highest BCUT2D eigenvalue weighted by molar-refractivity contribution is 5.79. The normalized spacial score (nSPS) is 10.7. The van der Waals surface area contributed by atoms with Crippen LogP contribution in [0.2, 0.25) is 0 Å². The van der Waals surface area contributed by atoms with Gasteiger partial charge in [0, 0.05) is 0 Å². The fourth-order valence-electron chi connectivity index (χ4n) is 0.978. The molecule has 0 spiro atoms. The van der Waals surface area contributed by atoms with Gasteiger partial charge in [-0.3, -0.25) is 4.79 Å². The first-order chi connectivity index (χ1) is 6.98. The molecule has 0 aromatic carbocycles. The summed E-state index contributed by atoms with van der Waals surface area (Å²) in [6.07, 6.45) is 0.181. The quantitative estimate of drug-likeness (QED) is 0.792. The van der Waals surface area contributed by atoms with Gasteiger partial charge in [0.1, 0.15) is 5.41 Å². The predicted octanol–water partition coefficient (Wildman–Crippen LogP) is 0.905. The molecule has 1 aromatic rings. The second-order valence-electron chi connectivity index (χ2n) is 3.67. The number of rotatable bonds is 3. The minimum Gasteiger partial charge on any atom is -0.481 e. The number of hydrogen-bond donors (Lipinski definition) is 1. The molecule has 0 fully saturated rings. The Morgan fingerprint density at radius 3 is 2.60 bits per heavy atom. The lowest BCUT2D eigenvalue weighted by Gasteiger charge is -2.17. The highest BCUT2D eigenvalue weighted by Crippen LogP contribution is 2.20. The number of carboxylic acid groups (broad SMARTS) is 1. The Labute approximate surface area is 87.4 Å². The van der Waals surface area contributed by atoms with E-state index >= 15 is 0 Å². The third kappa shape index (κ3) is 2.29. The van der Waals surface area contributed by atoms with E-state index in [4.69, 9.17) is 10.4 Å². The molecule has 0 aliphatic heterocycles. The predicted molar refractivity (Wildman–Crippen MR) is 52.0 cm³/mol. The van der Waals surface area contributed by atoms with Gasteiger partial charge in [-0.25, -0.2) is 0 Å². The van der Waals surface area contributed by atoms with Crippen LogP contribution in [0.4, 0.5) is 0 Å². The van der Waals surface area contributed by atoms with Crippen molar-refractivity contribution in [2.24, 2.45) is 0 Å². The summed E-state index contributed by atoms with van der Waals surface area (Å²) in [5.74, 6) is -0.954. The average Bonchev–Trinajstić information content (AvgIpc) is 2.19. The number of nitriles is 1. The van der Waals surface area contributed by atoms with E-state index in [-0.39, 0.29) is 6.42 Å². The number of nitrogens with zero attached hydrogens (tertiary/aromatic N) is 3. The summed E-state index contributed by atoms with van der Waals surface area (Å²) in [7, 11) is 0. The van der Waals surface area contributed by atoms with Gasteiger partial charge in [0.05, 0.1) is 23.9 Å². The minimum atomic E-state index is -1.06. The lowest BCUT2D eigenvalue weighted by atomic mass is 9.89. The molecule has 0 aliphatic carbocycles. The monoisotopic (exact) mass is 205 g/mol. The average molecular weight is 205 g/mol. The first kappa shape index (κ1) is 11.1. The summed E-state index contributed by atoms with van der Waals surface area (Å²) in [4.78, 5) is 10.9. The van der Waals surface area contributed by atoms with Crippen molar-refractivity contribution in [1.29, 1.82) is 5.26 Å². The SMILES string of the molecule is CC(C)(C(=O)O)c1ccc(CC#N)nn1. The van der Waals surface area contributed by atoms with Crippen LogP contribution in [0.1, 0.15) is 25.2 Å². The molecular weight excluding hydrogens is 194 g/mol. The molecule has 78 valence electrons. The Balaban J connectivity index is 2.99. The molecule has 0 radical (unpaired) electrons. The number of hydrogen-bond acceptors (Lipinski definition) is 4. The van der Waals surface area contributed by atoms with Gasteiger partial charge in [-0.05, 0) is 26.0 Å². The molecule has 0 amide bonds. The van der Waals surface area contributed by atoms with Crippen molar-refractivity contribution in [1.82, 2.24) is 10.2 Å². The molecule has 0 saturated heterocycles. The Kier molecular flexibility index (Phi) is 3.00. The topological polar surface area (TPSA) is 86.9 Å². The van der Waals surface area contributed by atoms with Crippen molar-refractivity contribution in [3.8, 4) is 6.07 Å². The maximum Gasteiger partial charge on any atom is 0.315 e. The summed E-state index contributed by atoms with van der Waals surface area (Å²) in [6.45, 7) is 3.12. The molecular formula is C10H11N3O2. The molecule has 0 unspecified atom stereocenters. The van der Waals surface area contributed by atoms with Gasteiger partial charge in [0.25, 0.3) is 0 Å². The summed E-state index contributed by atoms with van der Waals surface area (Å²) in [5.41, 5.74) is -0.128. The smallest absolute Gasteiger partial charge is 0.315 e. The fourth-order valence-corrected chi connectivity index (χ4v) is 0.978. The second-order valence-corrected chi connectivity index (χ2v) is 3.67. The Hall–Kier alpha value is -1.96. The van der Waals surface area contributed by atoms with E-state index in [1.54, 1.807) is 26.0 Å². The van der Waals surface area contributed by atoms with Crippen LogP contribution in [0.15, 0.2) is 12.1 Å². The van der Waals surface area contributed by atoms with E-state index in [0.717, 1.165) is 0 Å². The molecule has 0 bridgehead atoms. The summed E-state index contributed by atoms with van der Waals surface area (Å²) in [6, 6.07) is 5.16. The van der Waals surface area contributed by atoms with E-state index in [9.17, 15) is 4.79 Å². The van der Waals surface area contributed by atoms with Gasteiger partial charge in [0.2, 0.25) is 0 Å². The zero-order chi connectivity index (χ0) is 11.5. The van der Waals surface area contributed by atoms with Gasteiger partial charge >= 0.3 is 5.97 Å². The molecule has 5 nitrogen and oxygen atoms in total. The first-order valence-electron chi connectivity index (χ1n) is 4.42. The van der Waals surface area contributed by atoms with Crippen molar-refractivity contribution >= 4 is 5.97 Å². The lowest BCUT2D eigenvalue weighted by Crippen LogP contribution is -2.30. The zero-order valence-corrected chi connectivity index (χ0v) is 8.56. The molecule has 0 atom stereocenters. The number of carbonyl (C=O) groups is 1. The maximum absolute atomic E-state index is 10.9. The first-order valence-corrected chi connectivity index (χ1v) is 4.42. The van der Waals surface area contributed by atoms with Crippen LogP contribution in [-0.4, -0.2) is 21.3 Å². The van der Waals surface area contributed by atoms with Crippen LogP contribution in [0.5, 0.6) is 0 Å². The second kappa shape index (κ2) is 4.05. The largest absolute Gasteiger partial charge is 0.481 e. The molecule has 1 aromatic heterocycles. The van der Waals surface area contributed by atoms with Gasteiger partial charge in [-0.15, -0.1) is 0 Å². The Morgan fingerprint density at radius 2 is 2.20 bits per heavy atom. The van der Waals surface area contributed by atoms with Crippen molar-refractivity contribution in [3.05, 3.63) is 23.5 Å². The maximum atomic E-state index is 10.9. The zero-order valence-electron chi connectivity index (χ0n) is 8.56. The van der Waals surface area contributed by atoms with Gasteiger partial charge < -0.3 is 5.11 Å². The van der Waals surface area contributed by atoms with Crippen LogP contribution >= 0.6 is 0 Å². The van der Waals surface area contributed by atoms with Gasteiger partial charge in [-0.2, -0.15) is 15.5 Å². The van der Waals surface area contributed by atoms with E-state index in [0.29, 0.717) is 11.4 Å². The fraction of sp³-hybridized carbons (Fsp3) is 0.400. The molecule has 0 aliphatic rings. The van der Waals surface area contributed by atoms with Crippen molar-refractivity contribution in [2.45, 2.75) is 25.7 Å². The van der Waals surface area contributed by atoms with Crippen LogP contribution < -0.4 is 0 Å². The van der Waals surface area contributed by atoms with E-state index < -0.39 is 11.4 Å². The molecule has 5 heteroatoms. The molecule has 1 rings (SSSR count). The van der Waals surface area contributed by atoms with Crippen LogP contribution in [0.3, 0.4) is 0 Å². The third-order valence-electron chi connectivity index (χ3n) is 2.15. The van der Waals surface area contributed by atoms with Gasteiger partial charge in [0.15, 0.2) is 0 Å². The minimum absolute atomic E-state index is 0.181. The molecule has 1 heterocycles. The van der Waals surface area contributed by atoms with Gasteiger partial charge in [-0.1, -0.05) is 0 Å². The van der Waals surface area contributed by atoms with Crippen LogP contribution in [0, 0.1) is 11.3 Å². The van der Waals surface area contributed by atoms with E-state index in [2.05, 4.69) is 10.2 Å². The Morgan fingerprint density at radius 1 is 1.53 bits per heavy atom. The summed E-state index contributed by atoms with van der Waals surface area (Å²) in [5, 5.41) is 25.0. The van der Waals surface area contributed by atoms with Crippen molar-refractivity contribution in [2.75, 3.05) is 0 Å². The molecule has 1 N–H and O–H groups in total. The lowest BCUT2D eigenvalue weighted by molar-refractivity contribution is -0.142. The standard InChI is InChI=1S/C10H11N3O2/c1-10(2,9(14)15)8-4-3-7(5-6-11)12-13-8/h3-4H,5H2,1-2H3,(H,14,15). The highest BCUT2D eigenvalue weighted by atomic mass is 16.4. The molecule has 15 heavy (non-hydrogen) atoms. The number of aromatic nitrogens is 2. The van der Waals surface area contributed by atoms with E-state index in [1.807, 2.05) is 6.07 Å². The highest BCUT2D eigenvalue weighted by Gasteiger charge is 2.31. The van der Waals surface area contributed by atoms with Crippen molar-refractivity contribution in [3.63, 3.8) is 0 Å². The third-order valence-corrected chi connectivity index (χ3v) is 2.15. The number of carboxylic acids is 1. The number of aliphatic carboxylic acids is 1. The van der Waals surface area contributed by atoms with Crippen LogP contribution in [0.25, 0.3) is 0 Å².